The highest BCUT2D eigenvalue weighted by molar-refractivity contribution is 6.16. The van der Waals surface area contributed by atoms with Crippen molar-refractivity contribution in [3.63, 3.8) is 0 Å². The lowest BCUT2D eigenvalue weighted by Crippen LogP contribution is -1.93. The summed E-state index contributed by atoms with van der Waals surface area (Å²) in [5.74, 6) is 0. The molecule has 3 heterocycles. The van der Waals surface area contributed by atoms with E-state index in [9.17, 15) is 0 Å². The van der Waals surface area contributed by atoms with Crippen LogP contribution in [0.1, 0.15) is 0 Å². The number of nitrogens with zero attached hydrogens (tertiary/aromatic N) is 3. The number of fused-ring (bicyclic) bond motifs is 11. The van der Waals surface area contributed by atoms with Gasteiger partial charge in [0, 0.05) is 49.4 Å². The SMILES string of the molecule is c1ccc(-n2c3ccc(-c4ccc5c(c4)c4cc(-c6cccc7ccccc67)ccc4n5-c4ccccc4)cc3c3cc(-c4ccc5c(c4)c4cc(-c6cccc7ccccc67)ccc4n5-c4ccccc4)ccc32)cc1. The Bertz CT molecular complexity index is 4710. The summed E-state index contributed by atoms with van der Waals surface area (Å²) in [5.41, 5.74) is 20.2. The molecule has 3 heteroatoms. The van der Waals surface area contributed by atoms with E-state index in [2.05, 4.69) is 299 Å². The monoisotopic (exact) mass is 977 g/mol. The molecule has 0 aliphatic carbocycles. The van der Waals surface area contributed by atoms with E-state index in [4.69, 9.17) is 0 Å². The summed E-state index contributed by atoms with van der Waals surface area (Å²) in [7, 11) is 0. The average Bonchev–Trinajstić information content (AvgIpc) is 4.22. The summed E-state index contributed by atoms with van der Waals surface area (Å²) < 4.78 is 7.26. The van der Waals surface area contributed by atoms with Crippen molar-refractivity contribution in [1.29, 1.82) is 0 Å². The minimum absolute atomic E-state index is 1.14. The summed E-state index contributed by atoms with van der Waals surface area (Å²) in [5, 5.41) is 12.4. The Morgan fingerprint density at radius 3 is 0.727 bits per heavy atom. The number of hydrogen-bond acceptors (Lipinski definition) is 0. The van der Waals surface area contributed by atoms with Crippen LogP contribution in [-0.4, -0.2) is 13.7 Å². The van der Waals surface area contributed by atoms with Crippen LogP contribution < -0.4 is 0 Å². The molecule has 16 aromatic rings. The van der Waals surface area contributed by atoms with Crippen LogP contribution in [0.15, 0.2) is 285 Å². The Labute approximate surface area is 445 Å². The maximum Gasteiger partial charge on any atom is 0.0541 e. The van der Waals surface area contributed by atoms with Gasteiger partial charge in [-0.1, -0.05) is 176 Å². The molecule has 0 N–H and O–H groups in total. The molecule has 0 amide bonds. The van der Waals surface area contributed by atoms with Crippen LogP contribution in [0.25, 0.3) is 149 Å². The van der Waals surface area contributed by atoms with Gasteiger partial charge in [0.25, 0.3) is 0 Å². The van der Waals surface area contributed by atoms with Crippen molar-refractivity contribution in [3.05, 3.63) is 285 Å². The zero-order chi connectivity index (χ0) is 50.6. The normalized spacial score (nSPS) is 11.9. The first kappa shape index (κ1) is 43.2. The van der Waals surface area contributed by atoms with Crippen LogP contribution >= 0.6 is 0 Å². The lowest BCUT2D eigenvalue weighted by Gasteiger charge is -2.10. The maximum absolute atomic E-state index is 2.43. The molecular formula is C74H47N3. The van der Waals surface area contributed by atoms with Crippen molar-refractivity contribution in [2.45, 2.75) is 0 Å². The fourth-order valence-corrected chi connectivity index (χ4v) is 12.6. The van der Waals surface area contributed by atoms with Gasteiger partial charge in [0.1, 0.15) is 0 Å². The first-order valence-corrected chi connectivity index (χ1v) is 26.6. The van der Waals surface area contributed by atoms with Crippen molar-refractivity contribution in [1.82, 2.24) is 13.7 Å². The molecule has 0 aliphatic heterocycles. The molecule has 13 aromatic carbocycles. The Morgan fingerprint density at radius 2 is 0.416 bits per heavy atom. The standard InChI is InChI=1S/C74H47N3/c1-4-20-56(21-5-1)75-69-36-30-50(52-32-38-71-65(44-52)67-46-54(61-28-14-18-48-16-10-12-26-59(48)61)34-40-73(67)76(71)57-22-6-2-7-23-57)42-63(69)64-43-51(31-37-70(64)75)53-33-39-72-66(45-53)68-47-55(62-29-15-19-49-17-11-13-27-60(49)62)35-41-74(68)77(72)58-24-8-3-9-25-58/h1-47H. The molecule has 0 spiro atoms. The highest BCUT2D eigenvalue weighted by atomic mass is 15.0. The minimum atomic E-state index is 1.14. The summed E-state index contributed by atoms with van der Waals surface area (Å²) in [6.07, 6.45) is 0. The first-order chi connectivity index (χ1) is 38.2. The molecule has 0 bridgehead atoms. The molecule has 77 heavy (non-hydrogen) atoms. The number of para-hydroxylation sites is 3. The molecular weight excluding hydrogens is 931 g/mol. The quantitative estimate of drug-likeness (QED) is 0.151. The Morgan fingerprint density at radius 1 is 0.169 bits per heavy atom. The summed E-state index contributed by atoms with van der Waals surface area (Å²) >= 11 is 0. The van der Waals surface area contributed by atoms with Crippen molar-refractivity contribution < 1.29 is 0 Å². The molecule has 0 unspecified atom stereocenters. The summed E-state index contributed by atoms with van der Waals surface area (Å²) in [6, 6.07) is 105. The second-order valence-electron chi connectivity index (χ2n) is 20.5. The van der Waals surface area contributed by atoms with Gasteiger partial charge < -0.3 is 13.7 Å². The number of rotatable bonds is 7. The van der Waals surface area contributed by atoms with Crippen LogP contribution in [0.2, 0.25) is 0 Å². The highest BCUT2D eigenvalue weighted by Crippen LogP contribution is 2.43. The fraction of sp³-hybridized carbons (Fsp3) is 0. The van der Waals surface area contributed by atoms with E-state index < -0.39 is 0 Å². The van der Waals surface area contributed by atoms with Gasteiger partial charge in [0.15, 0.2) is 0 Å². The third-order valence-corrected chi connectivity index (χ3v) is 16.2. The highest BCUT2D eigenvalue weighted by Gasteiger charge is 2.20. The zero-order valence-corrected chi connectivity index (χ0v) is 42.0. The van der Waals surface area contributed by atoms with Gasteiger partial charge in [-0.05, 0) is 175 Å². The summed E-state index contributed by atoms with van der Waals surface area (Å²) in [4.78, 5) is 0. The first-order valence-electron chi connectivity index (χ1n) is 26.6. The minimum Gasteiger partial charge on any atom is -0.309 e. The predicted octanol–water partition coefficient (Wildman–Crippen LogP) is 20.0. The molecule has 3 aromatic heterocycles. The third kappa shape index (κ3) is 6.84. The number of aromatic nitrogens is 3. The van der Waals surface area contributed by atoms with Crippen molar-refractivity contribution in [2.75, 3.05) is 0 Å². The van der Waals surface area contributed by atoms with Gasteiger partial charge in [-0.25, -0.2) is 0 Å². The molecule has 16 rings (SSSR count). The van der Waals surface area contributed by atoms with Gasteiger partial charge in [-0.2, -0.15) is 0 Å². The molecule has 0 aliphatic rings. The summed E-state index contributed by atoms with van der Waals surface area (Å²) in [6.45, 7) is 0. The van der Waals surface area contributed by atoms with Crippen molar-refractivity contribution >= 4 is 87.0 Å². The predicted molar refractivity (Wildman–Crippen MR) is 326 cm³/mol. The number of benzene rings is 13. The lowest BCUT2D eigenvalue weighted by atomic mass is 9.96. The largest absolute Gasteiger partial charge is 0.309 e. The maximum atomic E-state index is 2.43. The lowest BCUT2D eigenvalue weighted by molar-refractivity contribution is 1.18. The van der Waals surface area contributed by atoms with E-state index in [1.165, 1.54) is 131 Å². The Kier molecular flexibility index (Phi) is 9.64. The van der Waals surface area contributed by atoms with E-state index >= 15 is 0 Å². The van der Waals surface area contributed by atoms with Gasteiger partial charge in [0.05, 0.1) is 33.1 Å². The van der Waals surface area contributed by atoms with Gasteiger partial charge in [0.2, 0.25) is 0 Å². The molecule has 0 atom stereocenters. The molecule has 0 fully saturated rings. The molecule has 0 saturated carbocycles. The molecule has 0 radical (unpaired) electrons. The average molecular weight is 978 g/mol. The van der Waals surface area contributed by atoms with E-state index in [-0.39, 0.29) is 0 Å². The van der Waals surface area contributed by atoms with Gasteiger partial charge in [-0.15, -0.1) is 0 Å². The molecule has 0 saturated heterocycles. The van der Waals surface area contributed by atoms with E-state index in [1.807, 2.05) is 0 Å². The molecule has 358 valence electrons. The third-order valence-electron chi connectivity index (χ3n) is 16.2. The number of hydrogen-bond donors (Lipinski definition) is 0. The Balaban J connectivity index is 0.879. The molecule has 3 nitrogen and oxygen atoms in total. The zero-order valence-electron chi connectivity index (χ0n) is 42.0. The van der Waals surface area contributed by atoms with Crippen molar-refractivity contribution in [2.24, 2.45) is 0 Å². The second kappa shape index (κ2) is 17.2. The van der Waals surface area contributed by atoms with E-state index in [0.29, 0.717) is 0 Å². The fourth-order valence-electron chi connectivity index (χ4n) is 12.6. The van der Waals surface area contributed by atoms with Crippen LogP contribution in [-0.2, 0) is 0 Å². The van der Waals surface area contributed by atoms with Crippen molar-refractivity contribution in [3.8, 4) is 61.6 Å². The topological polar surface area (TPSA) is 14.8 Å². The van der Waals surface area contributed by atoms with Crippen LogP contribution in [0.4, 0.5) is 0 Å². The van der Waals surface area contributed by atoms with E-state index in [1.54, 1.807) is 0 Å². The van der Waals surface area contributed by atoms with Crippen LogP contribution in [0.5, 0.6) is 0 Å². The van der Waals surface area contributed by atoms with Crippen LogP contribution in [0, 0.1) is 0 Å². The van der Waals surface area contributed by atoms with Crippen LogP contribution in [0.3, 0.4) is 0 Å². The van der Waals surface area contributed by atoms with Gasteiger partial charge in [-0.3, -0.25) is 0 Å². The van der Waals surface area contributed by atoms with Gasteiger partial charge >= 0.3 is 0 Å². The second-order valence-corrected chi connectivity index (χ2v) is 20.5. The smallest absolute Gasteiger partial charge is 0.0541 e. The Hall–Kier alpha value is -10.2. The van der Waals surface area contributed by atoms with E-state index in [0.717, 1.165) is 17.1 Å².